The van der Waals surface area contributed by atoms with Crippen LogP contribution in [0.4, 0.5) is 0 Å². The van der Waals surface area contributed by atoms with Gasteiger partial charge in [-0.25, -0.2) is 0 Å². The molecule has 0 saturated heterocycles. The first-order chi connectivity index (χ1) is 6.38. The Labute approximate surface area is 88.7 Å². The van der Waals surface area contributed by atoms with E-state index in [4.69, 9.17) is 1.37 Å². The van der Waals surface area contributed by atoms with Crippen LogP contribution in [0.25, 0.3) is 11.4 Å². The van der Waals surface area contributed by atoms with Crippen molar-refractivity contribution < 1.29 is 18.1 Å². The predicted octanol–water partition coefficient (Wildman–Crippen LogP) is 2.14. The monoisotopic (exact) mass is 216 g/mol. The maximum absolute atomic E-state index is 7.61. The molecule has 0 bridgehead atoms. The molecule has 3 heteroatoms. The number of hydrogen-bond donors (Lipinski definition) is 0. The van der Waals surface area contributed by atoms with Crippen molar-refractivity contribution >= 4 is 0 Å². The third-order valence-corrected chi connectivity index (χ3v) is 1.51. The van der Waals surface area contributed by atoms with Crippen LogP contribution in [0.15, 0.2) is 48.8 Å². The summed E-state index contributed by atoms with van der Waals surface area (Å²) in [5.41, 5.74) is 1.37. The standard InChI is InChI=1S/C10H8N2.Co/c1-3-7-11-9(5-1)10-6-2-4-8-12-10;/h1-8H;/i5D;. The van der Waals surface area contributed by atoms with Gasteiger partial charge in [-0.2, -0.15) is 0 Å². The van der Waals surface area contributed by atoms with Gasteiger partial charge in [0.1, 0.15) is 0 Å². The molecule has 0 N–H and O–H groups in total. The summed E-state index contributed by atoms with van der Waals surface area (Å²) >= 11 is 0. The van der Waals surface area contributed by atoms with E-state index in [1.54, 1.807) is 24.5 Å². The van der Waals surface area contributed by atoms with Crippen molar-refractivity contribution in [1.82, 2.24) is 9.97 Å². The van der Waals surface area contributed by atoms with Crippen LogP contribution >= 0.6 is 0 Å². The zero-order chi connectivity index (χ0) is 9.10. The second kappa shape index (κ2) is 4.74. The summed E-state index contributed by atoms with van der Waals surface area (Å²) in [4.78, 5) is 8.23. The van der Waals surface area contributed by atoms with Crippen molar-refractivity contribution in [3.63, 3.8) is 0 Å². The Balaban J connectivity index is 0.000000980. The second-order valence-electron chi connectivity index (χ2n) is 2.35. The van der Waals surface area contributed by atoms with E-state index in [0.29, 0.717) is 11.7 Å². The summed E-state index contributed by atoms with van der Waals surface area (Å²) in [6.07, 6.45) is 3.37. The van der Waals surface area contributed by atoms with Gasteiger partial charge < -0.3 is 0 Å². The number of rotatable bonds is 1. The van der Waals surface area contributed by atoms with E-state index in [1.165, 1.54) is 0 Å². The molecule has 2 rings (SSSR count). The zero-order valence-corrected chi connectivity index (χ0v) is 7.81. The molecule has 0 aliphatic rings. The Morgan fingerprint density at radius 2 is 1.62 bits per heavy atom. The summed E-state index contributed by atoms with van der Waals surface area (Å²) in [6.45, 7) is 0. The molecule has 1 radical (unpaired) electrons. The van der Waals surface area contributed by atoms with Crippen molar-refractivity contribution in [2.45, 2.75) is 0 Å². The molecule has 0 atom stereocenters. The van der Waals surface area contributed by atoms with Gasteiger partial charge in [-0.3, -0.25) is 9.97 Å². The third kappa shape index (κ3) is 2.37. The molecule has 2 nitrogen and oxygen atoms in total. The van der Waals surface area contributed by atoms with E-state index in [2.05, 4.69) is 9.97 Å². The van der Waals surface area contributed by atoms with E-state index >= 15 is 0 Å². The van der Waals surface area contributed by atoms with Crippen LogP contribution in [0.2, 0.25) is 0 Å². The Morgan fingerprint density at radius 1 is 0.923 bits per heavy atom. The van der Waals surface area contributed by atoms with Gasteiger partial charge in [0, 0.05) is 29.2 Å². The van der Waals surface area contributed by atoms with Crippen molar-refractivity contribution in [3.05, 3.63) is 48.8 Å². The van der Waals surface area contributed by atoms with E-state index < -0.39 is 0 Å². The van der Waals surface area contributed by atoms with E-state index in [9.17, 15) is 0 Å². The van der Waals surface area contributed by atoms with E-state index in [-0.39, 0.29) is 16.8 Å². The van der Waals surface area contributed by atoms with Crippen LogP contribution in [0, 0.1) is 0 Å². The fourth-order valence-corrected chi connectivity index (χ4v) is 0.968. The number of aromatic nitrogens is 2. The second-order valence-corrected chi connectivity index (χ2v) is 2.35. The van der Waals surface area contributed by atoms with Gasteiger partial charge in [0.15, 0.2) is 0 Å². The predicted molar refractivity (Wildman–Crippen MR) is 47.5 cm³/mol. The quantitative estimate of drug-likeness (QED) is 0.729. The Hall–Kier alpha value is -1.19. The first kappa shape index (κ1) is 8.41. The normalized spacial score (nSPS) is 10.0. The molecule has 0 saturated carbocycles. The molecule has 0 unspecified atom stereocenters. The van der Waals surface area contributed by atoms with Crippen LogP contribution in [-0.4, -0.2) is 9.97 Å². The summed E-state index contributed by atoms with van der Waals surface area (Å²) < 4.78 is 7.61. The molecule has 2 aromatic heterocycles. The van der Waals surface area contributed by atoms with Crippen LogP contribution < -0.4 is 0 Å². The first-order valence-corrected chi connectivity index (χ1v) is 3.71. The van der Waals surface area contributed by atoms with Gasteiger partial charge in [0.2, 0.25) is 0 Å². The Bertz CT molecular complexity index is 406. The molecular formula is C10H8CoN2. The molecule has 2 aromatic rings. The van der Waals surface area contributed by atoms with Crippen LogP contribution in [-0.2, 0) is 16.8 Å². The minimum absolute atomic E-state index is 0. The minimum atomic E-state index is 0. The average Bonchev–Trinajstić information content (AvgIpc) is 2.20. The molecule has 13 heavy (non-hydrogen) atoms. The molecule has 0 aromatic carbocycles. The SMILES string of the molecule is [2H]c1cccnc1-c1ccccn1.[Co]. The van der Waals surface area contributed by atoms with Gasteiger partial charge in [0.25, 0.3) is 0 Å². The fraction of sp³-hybridized carbons (Fsp3) is 0. The summed E-state index contributed by atoms with van der Waals surface area (Å²) in [6, 6.07) is 9.43. The van der Waals surface area contributed by atoms with Crippen LogP contribution in [0.3, 0.4) is 0 Å². The Kier molecular flexibility index (Phi) is 3.07. The average molecular weight is 216 g/mol. The Morgan fingerprint density at radius 3 is 2.23 bits per heavy atom. The molecule has 0 aliphatic heterocycles. The summed E-state index contributed by atoms with van der Waals surface area (Å²) in [5.74, 6) is 0. The van der Waals surface area contributed by atoms with Gasteiger partial charge in [-0.15, -0.1) is 0 Å². The smallest absolute Gasteiger partial charge is 0.0886 e. The number of hydrogen-bond acceptors (Lipinski definition) is 2. The van der Waals surface area contributed by atoms with Crippen molar-refractivity contribution in [3.8, 4) is 11.4 Å². The van der Waals surface area contributed by atoms with Crippen molar-refractivity contribution in [1.29, 1.82) is 0 Å². The molecule has 0 aliphatic carbocycles. The number of pyridine rings is 2. The summed E-state index contributed by atoms with van der Waals surface area (Å²) in [5, 5.41) is 0. The van der Waals surface area contributed by atoms with Crippen LogP contribution in [0.5, 0.6) is 0 Å². The van der Waals surface area contributed by atoms with Crippen molar-refractivity contribution in [2.75, 3.05) is 0 Å². The van der Waals surface area contributed by atoms with Gasteiger partial charge in [0.05, 0.1) is 12.8 Å². The van der Waals surface area contributed by atoms with E-state index in [0.717, 1.165) is 5.69 Å². The van der Waals surface area contributed by atoms with Gasteiger partial charge in [-0.05, 0) is 24.2 Å². The molecule has 2 heterocycles. The number of nitrogens with zero attached hydrogens (tertiary/aromatic N) is 2. The molecular weight excluding hydrogens is 207 g/mol. The zero-order valence-electron chi connectivity index (χ0n) is 7.77. The molecule has 0 amide bonds. The van der Waals surface area contributed by atoms with Gasteiger partial charge >= 0.3 is 0 Å². The van der Waals surface area contributed by atoms with Gasteiger partial charge in [-0.1, -0.05) is 12.1 Å². The largest absolute Gasteiger partial charge is 0.255 e. The van der Waals surface area contributed by atoms with Crippen molar-refractivity contribution in [2.24, 2.45) is 0 Å². The van der Waals surface area contributed by atoms with Crippen LogP contribution in [0.1, 0.15) is 1.37 Å². The fourth-order valence-electron chi connectivity index (χ4n) is 0.968. The first-order valence-electron chi connectivity index (χ1n) is 4.21. The topological polar surface area (TPSA) is 25.8 Å². The third-order valence-electron chi connectivity index (χ3n) is 1.51. The van der Waals surface area contributed by atoms with E-state index in [1.807, 2.05) is 18.2 Å². The minimum Gasteiger partial charge on any atom is -0.255 e. The maximum atomic E-state index is 7.61. The molecule has 67 valence electrons. The maximum Gasteiger partial charge on any atom is 0.0886 e. The molecule has 0 spiro atoms. The summed E-state index contributed by atoms with van der Waals surface area (Å²) in [7, 11) is 0. The molecule has 0 fully saturated rings.